The summed E-state index contributed by atoms with van der Waals surface area (Å²) in [6.07, 6.45) is 1.95. The van der Waals surface area contributed by atoms with Crippen LogP contribution in [0.2, 0.25) is 10.0 Å². The molecular weight excluding hydrogens is 287 g/mol. The van der Waals surface area contributed by atoms with Gasteiger partial charge in [0, 0.05) is 29.5 Å². The molecular formula is C13H16Cl2N2O2. The average Bonchev–Trinajstić information content (AvgIpc) is 2.34. The molecule has 1 heterocycles. The first-order valence-corrected chi connectivity index (χ1v) is 6.97. The molecule has 1 atom stereocenters. The molecule has 104 valence electrons. The summed E-state index contributed by atoms with van der Waals surface area (Å²) in [5.41, 5.74) is 6.08. The summed E-state index contributed by atoms with van der Waals surface area (Å²) in [6.45, 7) is 1.33. The van der Waals surface area contributed by atoms with E-state index in [2.05, 4.69) is 5.32 Å². The van der Waals surface area contributed by atoms with Crippen LogP contribution < -0.4 is 15.8 Å². The average molecular weight is 303 g/mol. The van der Waals surface area contributed by atoms with E-state index < -0.39 is 0 Å². The summed E-state index contributed by atoms with van der Waals surface area (Å²) in [7, 11) is 0. The van der Waals surface area contributed by atoms with Gasteiger partial charge in [-0.2, -0.15) is 0 Å². The van der Waals surface area contributed by atoms with Crippen LogP contribution in [0.3, 0.4) is 0 Å². The van der Waals surface area contributed by atoms with Crippen LogP contribution in [-0.4, -0.2) is 19.1 Å². The first-order valence-electron chi connectivity index (χ1n) is 6.21. The minimum Gasteiger partial charge on any atom is -0.492 e. The molecule has 19 heavy (non-hydrogen) atoms. The van der Waals surface area contributed by atoms with E-state index in [1.54, 1.807) is 6.07 Å². The Morgan fingerprint density at radius 3 is 3.00 bits per heavy atom. The van der Waals surface area contributed by atoms with Crippen LogP contribution in [-0.2, 0) is 4.79 Å². The highest BCUT2D eigenvalue weighted by atomic mass is 35.5. The molecule has 0 fully saturated rings. The van der Waals surface area contributed by atoms with Gasteiger partial charge < -0.3 is 15.8 Å². The topological polar surface area (TPSA) is 64.4 Å². The van der Waals surface area contributed by atoms with Gasteiger partial charge in [-0.15, -0.1) is 0 Å². The van der Waals surface area contributed by atoms with Gasteiger partial charge in [0.2, 0.25) is 5.91 Å². The van der Waals surface area contributed by atoms with Crippen molar-refractivity contribution in [1.29, 1.82) is 0 Å². The Labute approximate surface area is 122 Å². The second-order valence-corrected chi connectivity index (χ2v) is 5.36. The van der Waals surface area contributed by atoms with Crippen molar-refractivity contribution < 1.29 is 9.53 Å². The number of hydrogen-bond donors (Lipinski definition) is 2. The van der Waals surface area contributed by atoms with Gasteiger partial charge in [-0.25, -0.2) is 0 Å². The monoisotopic (exact) mass is 302 g/mol. The Bertz CT molecular complexity index is 480. The Morgan fingerprint density at radius 1 is 1.47 bits per heavy atom. The van der Waals surface area contributed by atoms with Crippen molar-refractivity contribution in [3.8, 4) is 5.75 Å². The zero-order valence-electron chi connectivity index (χ0n) is 10.4. The Hall–Kier alpha value is -0.970. The molecule has 1 aliphatic heterocycles. The van der Waals surface area contributed by atoms with E-state index in [1.807, 2.05) is 6.07 Å². The summed E-state index contributed by atoms with van der Waals surface area (Å²) in [5, 5.41) is 4.51. The van der Waals surface area contributed by atoms with Gasteiger partial charge in [0.25, 0.3) is 0 Å². The first kappa shape index (κ1) is 14.4. The largest absolute Gasteiger partial charge is 0.492 e. The number of halogens is 2. The molecule has 0 spiro atoms. The summed E-state index contributed by atoms with van der Waals surface area (Å²) in [4.78, 5) is 10.7. The smallest absolute Gasteiger partial charge is 0.217 e. The molecule has 0 radical (unpaired) electrons. The molecule has 0 saturated carbocycles. The first-order chi connectivity index (χ1) is 9.08. The molecule has 3 N–H and O–H groups in total. The van der Waals surface area contributed by atoms with Crippen LogP contribution in [0, 0.1) is 0 Å². The van der Waals surface area contributed by atoms with E-state index in [0.29, 0.717) is 28.8 Å². The normalized spacial score (nSPS) is 17.7. The molecule has 1 aromatic rings. The fourth-order valence-corrected chi connectivity index (χ4v) is 2.74. The lowest BCUT2D eigenvalue weighted by molar-refractivity contribution is -0.118. The predicted molar refractivity (Wildman–Crippen MR) is 75.7 cm³/mol. The number of fused-ring (bicyclic) bond motifs is 1. The van der Waals surface area contributed by atoms with Gasteiger partial charge in [-0.1, -0.05) is 23.2 Å². The number of nitrogens with two attached hydrogens (primary N) is 1. The lowest BCUT2D eigenvalue weighted by atomic mass is 10.0. The van der Waals surface area contributed by atoms with Crippen LogP contribution in [0.25, 0.3) is 0 Å². The van der Waals surface area contributed by atoms with Crippen LogP contribution in [0.1, 0.15) is 30.9 Å². The van der Waals surface area contributed by atoms with Crippen molar-refractivity contribution in [2.75, 3.05) is 13.2 Å². The summed E-state index contributed by atoms with van der Waals surface area (Å²) in [5.74, 6) is 0.421. The number of primary amides is 1. The van der Waals surface area contributed by atoms with Crippen molar-refractivity contribution in [1.82, 2.24) is 5.32 Å². The molecule has 1 amide bonds. The van der Waals surface area contributed by atoms with Crippen molar-refractivity contribution in [3.63, 3.8) is 0 Å². The van der Waals surface area contributed by atoms with Crippen LogP contribution in [0.15, 0.2) is 12.1 Å². The maximum atomic E-state index is 10.7. The van der Waals surface area contributed by atoms with Crippen molar-refractivity contribution in [2.24, 2.45) is 5.73 Å². The van der Waals surface area contributed by atoms with Gasteiger partial charge in [0.15, 0.2) is 0 Å². The number of carbonyl (C=O) groups is 1. The number of nitrogens with one attached hydrogen (secondary N) is 1. The lowest BCUT2D eigenvalue weighted by Crippen LogP contribution is -2.28. The summed E-state index contributed by atoms with van der Waals surface area (Å²) >= 11 is 12.1. The van der Waals surface area contributed by atoms with Crippen LogP contribution in [0.4, 0.5) is 0 Å². The molecule has 6 heteroatoms. The predicted octanol–water partition coefficient (Wildman–Crippen LogP) is 2.67. The second kappa shape index (κ2) is 6.46. The highest BCUT2D eigenvalue weighted by Gasteiger charge is 2.23. The Kier molecular flexibility index (Phi) is 4.91. The molecule has 0 aliphatic carbocycles. The molecule has 2 rings (SSSR count). The molecule has 0 aromatic heterocycles. The SMILES string of the molecule is NC(=O)CCCNC1CCOc2c(Cl)cc(Cl)cc21. The summed E-state index contributed by atoms with van der Waals surface area (Å²) in [6, 6.07) is 3.69. The Morgan fingerprint density at radius 2 is 2.26 bits per heavy atom. The maximum Gasteiger partial charge on any atom is 0.217 e. The van der Waals surface area contributed by atoms with Crippen molar-refractivity contribution >= 4 is 29.1 Å². The fourth-order valence-electron chi connectivity index (χ4n) is 2.18. The lowest BCUT2D eigenvalue weighted by Gasteiger charge is -2.27. The molecule has 0 saturated heterocycles. The minimum absolute atomic E-state index is 0.146. The molecule has 1 unspecified atom stereocenters. The zero-order valence-corrected chi connectivity index (χ0v) is 11.9. The summed E-state index contributed by atoms with van der Waals surface area (Å²) < 4.78 is 5.58. The van der Waals surface area contributed by atoms with E-state index in [0.717, 1.165) is 24.9 Å². The molecule has 4 nitrogen and oxygen atoms in total. The molecule has 0 bridgehead atoms. The number of ether oxygens (including phenoxy) is 1. The Balaban J connectivity index is 2.03. The number of carbonyl (C=O) groups excluding carboxylic acids is 1. The van der Waals surface area contributed by atoms with Gasteiger partial charge in [0.05, 0.1) is 11.6 Å². The van der Waals surface area contributed by atoms with E-state index in [9.17, 15) is 4.79 Å². The van der Waals surface area contributed by atoms with E-state index in [1.165, 1.54) is 0 Å². The third-order valence-corrected chi connectivity index (χ3v) is 3.56. The molecule has 1 aromatic carbocycles. The standard InChI is InChI=1S/C13H16Cl2N2O2/c14-8-6-9-11(17-4-1-2-12(16)18)3-5-19-13(9)10(15)7-8/h6-7,11,17H,1-5H2,(H2,16,18). The number of hydrogen-bond acceptors (Lipinski definition) is 3. The van der Waals surface area contributed by atoms with Crippen molar-refractivity contribution in [3.05, 3.63) is 27.7 Å². The zero-order chi connectivity index (χ0) is 13.8. The molecule has 1 aliphatic rings. The number of rotatable bonds is 5. The van der Waals surface area contributed by atoms with E-state index in [-0.39, 0.29) is 11.9 Å². The van der Waals surface area contributed by atoms with E-state index >= 15 is 0 Å². The maximum absolute atomic E-state index is 10.7. The number of benzene rings is 1. The third-order valence-electron chi connectivity index (χ3n) is 3.06. The second-order valence-electron chi connectivity index (χ2n) is 4.52. The highest BCUT2D eigenvalue weighted by molar-refractivity contribution is 6.35. The number of amides is 1. The highest BCUT2D eigenvalue weighted by Crippen LogP contribution is 2.39. The minimum atomic E-state index is -0.278. The van der Waals surface area contributed by atoms with Gasteiger partial charge in [-0.05, 0) is 25.1 Å². The van der Waals surface area contributed by atoms with Crippen LogP contribution >= 0.6 is 23.2 Å². The van der Waals surface area contributed by atoms with Gasteiger partial charge in [0.1, 0.15) is 5.75 Å². The van der Waals surface area contributed by atoms with Gasteiger partial charge in [-0.3, -0.25) is 4.79 Å². The quantitative estimate of drug-likeness (QED) is 0.822. The third kappa shape index (κ3) is 3.75. The fraction of sp³-hybridized carbons (Fsp3) is 0.462. The van der Waals surface area contributed by atoms with Gasteiger partial charge >= 0.3 is 0 Å². The van der Waals surface area contributed by atoms with Crippen molar-refractivity contribution in [2.45, 2.75) is 25.3 Å². The van der Waals surface area contributed by atoms with E-state index in [4.69, 9.17) is 33.7 Å². The van der Waals surface area contributed by atoms with Crippen LogP contribution in [0.5, 0.6) is 5.75 Å².